The number of hydrogen-bond donors (Lipinski definition) is 0. The first-order valence-electron chi connectivity index (χ1n) is 5.51. The van der Waals surface area contributed by atoms with Gasteiger partial charge in [-0.25, -0.2) is 0 Å². The Balaban J connectivity index is 2.08. The average molecular weight is 183 g/mol. The molecule has 0 bridgehead atoms. The topological polar surface area (TPSA) is 20.3 Å². The Morgan fingerprint density at radius 3 is 2.85 bits per heavy atom. The molecule has 0 radical (unpaired) electrons. The second-order valence-corrected chi connectivity index (χ2v) is 4.14. The molecule has 0 saturated carbocycles. The summed E-state index contributed by atoms with van der Waals surface area (Å²) in [5.74, 6) is 1.18. The summed E-state index contributed by atoms with van der Waals surface area (Å²) in [6.07, 6.45) is 5.56. The number of likely N-dealkylation sites (tertiary alicyclic amines) is 1. The molecule has 1 fully saturated rings. The van der Waals surface area contributed by atoms with Crippen molar-refractivity contribution in [2.45, 2.75) is 46.0 Å². The minimum atomic E-state index is 0.365. The summed E-state index contributed by atoms with van der Waals surface area (Å²) in [7, 11) is 0. The van der Waals surface area contributed by atoms with E-state index in [1.807, 2.05) is 4.90 Å². The smallest absolute Gasteiger partial charge is 0.222 e. The van der Waals surface area contributed by atoms with Gasteiger partial charge < -0.3 is 4.90 Å². The van der Waals surface area contributed by atoms with Gasteiger partial charge in [-0.15, -0.1) is 0 Å². The molecule has 76 valence electrons. The predicted molar refractivity (Wildman–Crippen MR) is 54.5 cm³/mol. The van der Waals surface area contributed by atoms with Crippen LogP contribution in [0.15, 0.2) is 0 Å². The first-order valence-corrected chi connectivity index (χ1v) is 5.51. The lowest BCUT2D eigenvalue weighted by Crippen LogP contribution is -2.25. The molecule has 1 saturated heterocycles. The molecule has 2 heteroatoms. The molecule has 1 aliphatic rings. The number of carbonyl (C=O) groups excluding carboxylic acids is 1. The summed E-state index contributed by atoms with van der Waals surface area (Å²) < 4.78 is 0. The van der Waals surface area contributed by atoms with Crippen molar-refractivity contribution in [3.05, 3.63) is 0 Å². The third-order valence-electron chi connectivity index (χ3n) is 2.99. The van der Waals surface area contributed by atoms with Crippen LogP contribution in [-0.2, 0) is 4.79 Å². The van der Waals surface area contributed by atoms with Crippen molar-refractivity contribution >= 4 is 5.91 Å². The fourth-order valence-electron chi connectivity index (χ4n) is 1.78. The third kappa shape index (κ3) is 3.37. The van der Waals surface area contributed by atoms with Crippen LogP contribution in [0.5, 0.6) is 0 Å². The van der Waals surface area contributed by atoms with Crippen molar-refractivity contribution in [2.24, 2.45) is 5.92 Å². The van der Waals surface area contributed by atoms with Crippen molar-refractivity contribution in [3.8, 4) is 0 Å². The van der Waals surface area contributed by atoms with E-state index in [2.05, 4.69) is 13.8 Å². The van der Waals surface area contributed by atoms with Gasteiger partial charge in [-0.1, -0.05) is 20.3 Å². The van der Waals surface area contributed by atoms with Gasteiger partial charge in [0, 0.05) is 19.5 Å². The average Bonchev–Trinajstić information content (AvgIpc) is 2.52. The molecule has 2 nitrogen and oxygen atoms in total. The molecule has 0 aromatic carbocycles. The highest BCUT2D eigenvalue weighted by Gasteiger charge is 2.19. The molecule has 0 N–H and O–H groups in total. The first kappa shape index (κ1) is 10.6. The van der Waals surface area contributed by atoms with E-state index in [9.17, 15) is 4.79 Å². The normalized spacial score (nSPS) is 19.5. The van der Waals surface area contributed by atoms with Crippen molar-refractivity contribution in [1.82, 2.24) is 4.90 Å². The molecule has 1 unspecified atom stereocenters. The molecule has 1 rings (SSSR count). The van der Waals surface area contributed by atoms with Gasteiger partial charge in [0.15, 0.2) is 0 Å². The van der Waals surface area contributed by atoms with Gasteiger partial charge in [0.1, 0.15) is 0 Å². The number of hydrogen-bond acceptors (Lipinski definition) is 1. The Kier molecular flexibility index (Phi) is 4.26. The standard InChI is InChI=1S/C11H21NO/c1-3-10(2)6-4-8-12-9-5-7-11(12)13/h10H,3-9H2,1-2H3. The maximum atomic E-state index is 11.2. The van der Waals surface area contributed by atoms with E-state index in [4.69, 9.17) is 0 Å². The summed E-state index contributed by atoms with van der Waals surface area (Å²) in [5.41, 5.74) is 0. The van der Waals surface area contributed by atoms with Crippen LogP contribution in [0.25, 0.3) is 0 Å². The second-order valence-electron chi connectivity index (χ2n) is 4.14. The SMILES string of the molecule is CCC(C)CCCN1CCCC1=O. The van der Waals surface area contributed by atoms with Crippen LogP contribution in [0, 0.1) is 5.92 Å². The van der Waals surface area contributed by atoms with Crippen molar-refractivity contribution < 1.29 is 4.79 Å². The summed E-state index contributed by atoms with van der Waals surface area (Å²) in [4.78, 5) is 13.3. The summed E-state index contributed by atoms with van der Waals surface area (Å²) in [5, 5.41) is 0. The number of carbonyl (C=O) groups is 1. The summed E-state index contributed by atoms with van der Waals surface area (Å²) in [6.45, 7) is 6.50. The predicted octanol–water partition coefficient (Wildman–Crippen LogP) is 2.44. The van der Waals surface area contributed by atoms with E-state index in [0.29, 0.717) is 5.91 Å². The van der Waals surface area contributed by atoms with E-state index < -0.39 is 0 Å². The highest BCUT2D eigenvalue weighted by atomic mass is 16.2. The maximum Gasteiger partial charge on any atom is 0.222 e. The molecule has 0 aromatic rings. The van der Waals surface area contributed by atoms with Crippen LogP contribution in [0.1, 0.15) is 46.0 Å². The zero-order valence-electron chi connectivity index (χ0n) is 8.88. The second kappa shape index (κ2) is 5.25. The third-order valence-corrected chi connectivity index (χ3v) is 2.99. The molecule has 0 aliphatic carbocycles. The Hall–Kier alpha value is -0.530. The van der Waals surface area contributed by atoms with Gasteiger partial charge in [-0.3, -0.25) is 4.79 Å². The lowest BCUT2D eigenvalue weighted by atomic mass is 10.0. The maximum absolute atomic E-state index is 11.2. The fraction of sp³-hybridized carbons (Fsp3) is 0.909. The molecule has 0 aromatic heterocycles. The minimum Gasteiger partial charge on any atom is -0.343 e. The summed E-state index contributed by atoms with van der Waals surface area (Å²) in [6, 6.07) is 0. The summed E-state index contributed by atoms with van der Waals surface area (Å²) >= 11 is 0. The van der Waals surface area contributed by atoms with E-state index in [0.717, 1.165) is 31.8 Å². The van der Waals surface area contributed by atoms with Crippen LogP contribution < -0.4 is 0 Å². The Bertz CT molecular complexity index is 167. The van der Waals surface area contributed by atoms with E-state index >= 15 is 0 Å². The molecular formula is C11H21NO. The van der Waals surface area contributed by atoms with Gasteiger partial charge in [0.05, 0.1) is 0 Å². The number of nitrogens with zero attached hydrogens (tertiary/aromatic N) is 1. The van der Waals surface area contributed by atoms with Crippen LogP contribution in [0.2, 0.25) is 0 Å². The fourth-order valence-corrected chi connectivity index (χ4v) is 1.78. The lowest BCUT2D eigenvalue weighted by molar-refractivity contribution is -0.127. The zero-order valence-corrected chi connectivity index (χ0v) is 8.88. The van der Waals surface area contributed by atoms with E-state index in [1.54, 1.807) is 0 Å². The highest BCUT2D eigenvalue weighted by Crippen LogP contribution is 2.13. The Morgan fingerprint density at radius 1 is 1.54 bits per heavy atom. The molecule has 1 atom stereocenters. The van der Waals surface area contributed by atoms with Gasteiger partial charge >= 0.3 is 0 Å². The minimum absolute atomic E-state index is 0.365. The van der Waals surface area contributed by atoms with Gasteiger partial charge in [0.25, 0.3) is 0 Å². The molecule has 1 heterocycles. The van der Waals surface area contributed by atoms with E-state index in [-0.39, 0.29) is 0 Å². The zero-order chi connectivity index (χ0) is 9.68. The van der Waals surface area contributed by atoms with Gasteiger partial charge in [0.2, 0.25) is 5.91 Å². The van der Waals surface area contributed by atoms with Crippen LogP contribution >= 0.6 is 0 Å². The van der Waals surface area contributed by atoms with Gasteiger partial charge in [-0.05, 0) is 25.2 Å². The molecule has 13 heavy (non-hydrogen) atoms. The number of amides is 1. The van der Waals surface area contributed by atoms with Gasteiger partial charge in [-0.2, -0.15) is 0 Å². The van der Waals surface area contributed by atoms with Crippen molar-refractivity contribution in [3.63, 3.8) is 0 Å². The molecular weight excluding hydrogens is 162 g/mol. The van der Waals surface area contributed by atoms with Crippen LogP contribution in [-0.4, -0.2) is 23.9 Å². The largest absolute Gasteiger partial charge is 0.343 e. The molecule has 1 aliphatic heterocycles. The number of rotatable bonds is 5. The van der Waals surface area contributed by atoms with Crippen molar-refractivity contribution in [1.29, 1.82) is 0 Å². The monoisotopic (exact) mass is 183 g/mol. The van der Waals surface area contributed by atoms with E-state index in [1.165, 1.54) is 19.3 Å². The highest BCUT2D eigenvalue weighted by molar-refractivity contribution is 5.77. The Labute approximate surface area is 81.3 Å². The Morgan fingerprint density at radius 2 is 2.31 bits per heavy atom. The molecule has 1 amide bonds. The first-order chi connectivity index (χ1) is 6.24. The quantitative estimate of drug-likeness (QED) is 0.641. The lowest BCUT2D eigenvalue weighted by Gasteiger charge is -2.16. The van der Waals surface area contributed by atoms with Crippen molar-refractivity contribution in [2.75, 3.05) is 13.1 Å². The molecule has 0 spiro atoms. The van der Waals surface area contributed by atoms with Crippen LogP contribution in [0.4, 0.5) is 0 Å². The van der Waals surface area contributed by atoms with Crippen LogP contribution in [0.3, 0.4) is 0 Å².